The number of anilines is 1. The molecular weight excluding hydrogens is 353 g/mol. The van der Waals surface area contributed by atoms with E-state index in [-0.39, 0.29) is 23.8 Å². The van der Waals surface area contributed by atoms with Crippen LogP contribution in [0.2, 0.25) is 0 Å². The van der Waals surface area contributed by atoms with Crippen molar-refractivity contribution in [1.82, 2.24) is 10.2 Å². The standard InChI is InChI=1S/C23H30FN3O/c1-3-7-22(19-8-5-4-6-9-19)25-23(28)18(2)26-14-16-27(17-15-26)21-12-10-20(24)11-13-21/h4-6,8-13,18,22H,3,7,14-17H2,1-2H3,(H,25,28)/t18-,22+/m0/s1. The third-order valence-electron chi connectivity index (χ3n) is 5.53. The number of carbonyl (C=O) groups is 1. The van der Waals surface area contributed by atoms with E-state index in [4.69, 9.17) is 0 Å². The summed E-state index contributed by atoms with van der Waals surface area (Å²) in [6.45, 7) is 7.42. The second kappa shape index (κ2) is 9.69. The Labute approximate surface area is 167 Å². The maximum atomic E-state index is 13.1. The van der Waals surface area contributed by atoms with Gasteiger partial charge in [0.1, 0.15) is 5.82 Å². The van der Waals surface area contributed by atoms with E-state index < -0.39 is 0 Å². The van der Waals surface area contributed by atoms with Crippen LogP contribution in [-0.2, 0) is 4.79 Å². The molecule has 0 unspecified atom stereocenters. The largest absolute Gasteiger partial charge is 0.369 e. The molecule has 1 aliphatic heterocycles. The van der Waals surface area contributed by atoms with Crippen LogP contribution in [-0.4, -0.2) is 43.0 Å². The number of hydrogen-bond donors (Lipinski definition) is 1. The molecule has 1 fully saturated rings. The predicted molar refractivity (Wildman–Crippen MR) is 112 cm³/mol. The van der Waals surface area contributed by atoms with E-state index in [1.807, 2.05) is 37.3 Å². The Balaban J connectivity index is 1.55. The maximum absolute atomic E-state index is 13.1. The monoisotopic (exact) mass is 383 g/mol. The van der Waals surface area contributed by atoms with Crippen molar-refractivity contribution in [2.45, 2.75) is 38.8 Å². The quantitative estimate of drug-likeness (QED) is 0.785. The summed E-state index contributed by atoms with van der Waals surface area (Å²) < 4.78 is 13.1. The molecule has 1 amide bonds. The van der Waals surface area contributed by atoms with Crippen LogP contribution in [0.15, 0.2) is 54.6 Å². The van der Waals surface area contributed by atoms with Gasteiger partial charge in [0.05, 0.1) is 12.1 Å². The lowest BCUT2D eigenvalue weighted by atomic mass is 10.0. The van der Waals surface area contributed by atoms with Crippen molar-refractivity contribution in [3.05, 3.63) is 66.0 Å². The van der Waals surface area contributed by atoms with E-state index >= 15 is 0 Å². The van der Waals surface area contributed by atoms with Crippen molar-refractivity contribution in [1.29, 1.82) is 0 Å². The average molecular weight is 384 g/mol. The topological polar surface area (TPSA) is 35.6 Å². The highest BCUT2D eigenvalue weighted by Crippen LogP contribution is 2.20. The van der Waals surface area contributed by atoms with Gasteiger partial charge in [0.25, 0.3) is 0 Å². The highest BCUT2D eigenvalue weighted by atomic mass is 19.1. The average Bonchev–Trinajstić information content (AvgIpc) is 2.74. The van der Waals surface area contributed by atoms with Crippen LogP contribution in [0.3, 0.4) is 0 Å². The van der Waals surface area contributed by atoms with Gasteiger partial charge in [0, 0.05) is 31.9 Å². The van der Waals surface area contributed by atoms with E-state index in [9.17, 15) is 9.18 Å². The Morgan fingerprint density at radius 1 is 1.04 bits per heavy atom. The molecule has 0 bridgehead atoms. The normalized spacial score (nSPS) is 17.2. The summed E-state index contributed by atoms with van der Waals surface area (Å²) in [6, 6.07) is 16.7. The fraction of sp³-hybridized carbons (Fsp3) is 0.435. The molecule has 1 N–H and O–H groups in total. The molecule has 0 saturated carbocycles. The van der Waals surface area contributed by atoms with E-state index in [2.05, 4.69) is 34.2 Å². The van der Waals surface area contributed by atoms with Gasteiger partial charge >= 0.3 is 0 Å². The highest BCUT2D eigenvalue weighted by Gasteiger charge is 2.27. The number of rotatable bonds is 7. The fourth-order valence-electron chi connectivity index (χ4n) is 3.77. The number of halogens is 1. The van der Waals surface area contributed by atoms with Gasteiger partial charge in [-0.1, -0.05) is 43.7 Å². The molecule has 0 spiro atoms. The van der Waals surface area contributed by atoms with Crippen molar-refractivity contribution < 1.29 is 9.18 Å². The van der Waals surface area contributed by atoms with Crippen LogP contribution in [0.5, 0.6) is 0 Å². The highest BCUT2D eigenvalue weighted by molar-refractivity contribution is 5.81. The lowest BCUT2D eigenvalue weighted by molar-refractivity contribution is -0.126. The minimum absolute atomic E-state index is 0.0571. The van der Waals surface area contributed by atoms with E-state index in [0.29, 0.717) is 0 Å². The predicted octanol–water partition coefficient (Wildman–Crippen LogP) is 3.99. The number of benzene rings is 2. The smallest absolute Gasteiger partial charge is 0.237 e. The van der Waals surface area contributed by atoms with Gasteiger partial charge in [-0.15, -0.1) is 0 Å². The van der Waals surface area contributed by atoms with Crippen LogP contribution in [0.25, 0.3) is 0 Å². The summed E-state index contributed by atoms with van der Waals surface area (Å²) in [6.07, 6.45) is 1.95. The summed E-state index contributed by atoms with van der Waals surface area (Å²) in [5.41, 5.74) is 2.19. The first kappa shape index (κ1) is 20.3. The SMILES string of the molecule is CCC[C@@H](NC(=O)[C@H](C)N1CCN(c2ccc(F)cc2)CC1)c1ccccc1. The van der Waals surface area contributed by atoms with Crippen molar-refractivity contribution in [3.8, 4) is 0 Å². The third-order valence-corrected chi connectivity index (χ3v) is 5.53. The van der Waals surface area contributed by atoms with Crippen LogP contribution in [0, 0.1) is 5.82 Å². The van der Waals surface area contributed by atoms with E-state index in [0.717, 1.165) is 50.3 Å². The van der Waals surface area contributed by atoms with Gasteiger partial charge in [-0.25, -0.2) is 4.39 Å². The van der Waals surface area contributed by atoms with Crippen LogP contribution in [0.1, 0.15) is 38.3 Å². The molecule has 28 heavy (non-hydrogen) atoms. The first-order valence-corrected chi connectivity index (χ1v) is 10.2. The molecule has 1 saturated heterocycles. The second-order valence-electron chi connectivity index (χ2n) is 7.44. The molecular formula is C23H30FN3O. The first-order valence-electron chi connectivity index (χ1n) is 10.2. The number of piperazine rings is 1. The lowest BCUT2D eigenvalue weighted by Crippen LogP contribution is -2.54. The van der Waals surface area contributed by atoms with Crippen molar-refractivity contribution >= 4 is 11.6 Å². The first-order chi connectivity index (χ1) is 13.6. The molecule has 0 aromatic heterocycles. The minimum atomic E-state index is -0.215. The molecule has 0 aliphatic carbocycles. The zero-order chi connectivity index (χ0) is 19.9. The van der Waals surface area contributed by atoms with Crippen molar-refractivity contribution in [2.75, 3.05) is 31.1 Å². The molecule has 3 rings (SSSR count). The maximum Gasteiger partial charge on any atom is 0.237 e. The minimum Gasteiger partial charge on any atom is -0.369 e. The Morgan fingerprint density at radius 3 is 2.29 bits per heavy atom. The fourth-order valence-corrected chi connectivity index (χ4v) is 3.77. The van der Waals surface area contributed by atoms with Gasteiger partial charge in [0.15, 0.2) is 0 Å². The van der Waals surface area contributed by atoms with Gasteiger partial charge in [-0.05, 0) is 43.2 Å². The van der Waals surface area contributed by atoms with Gasteiger partial charge < -0.3 is 10.2 Å². The van der Waals surface area contributed by atoms with Crippen molar-refractivity contribution in [3.63, 3.8) is 0 Å². The summed E-state index contributed by atoms with van der Waals surface area (Å²) in [4.78, 5) is 17.3. The molecule has 5 heteroatoms. The summed E-state index contributed by atoms with van der Waals surface area (Å²) in [5.74, 6) is -0.134. The number of hydrogen-bond acceptors (Lipinski definition) is 3. The number of nitrogens with one attached hydrogen (secondary N) is 1. The Morgan fingerprint density at radius 2 is 1.68 bits per heavy atom. The molecule has 0 radical (unpaired) electrons. The third kappa shape index (κ3) is 5.10. The van der Waals surface area contributed by atoms with E-state index in [1.54, 1.807) is 0 Å². The molecule has 2 aromatic rings. The number of nitrogens with zero attached hydrogens (tertiary/aromatic N) is 2. The Bertz CT molecular complexity index is 742. The molecule has 1 aliphatic rings. The van der Waals surface area contributed by atoms with Gasteiger partial charge in [0.2, 0.25) is 5.91 Å². The molecule has 1 heterocycles. The zero-order valence-electron chi connectivity index (χ0n) is 16.8. The summed E-state index contributed by atoms with van der Waals surface area (Å²) >= 11 is 0. The van der Waals surface area contributed by atoms with Crippen LogP contribution >= 0.6 is 0 Å². The number of carbonyl (C=O) groups excluding carboxylic acids is 1. The molecule has 2 atom stereocenters. The molecule has 4 nitrogen and oxygen atoms in total. The lowest BCUT2D eigenvalue weighted by Gasteiger charge is -2.39. The van der Waals surface area contributed by atoms with Crippen LogP contribution in [0.4, 0.5) is 10.1 Å². The van der Waals surface area contributed by atoms with Gasteiger partial charge in [-0.2, -0.15) is 0 Å². The Kier molecular flexibility index (Phi) is 7.04. The van der Waals surface area contributed by atoms with Crippen molar-refractivity contribution in [2.24, 2.45) is 0 Å². The Hall–Kier alpha value is -2.40. The van der Waals surface area contributed by atoms with E-state index in [1.165, 1.54) is 12.1 Å². The molecule has 150 valence electrons. The van der Waals surface area contributed by atoms with Gasteiger partial charge in [-0.3, -0.25) is 9.69 Å². The number of amides is 1. The summed E-state index contributed by atoms with van der Waals surface area (Å²) in [7, 11) is 0. The zero-order valence-corrected chi connectivity index (χ0v) is 16.8. The summed E-state index contributed by atoms with van der Waals surface area (Å²) in [5, 5.41) is 3.24. The van der Waals surface area contributed by atoms with Crippen LogP contribution < -0.4 is 10.2 Å². The second-order valence-corrected chi connectivity index (χ2v) is 7.44. The molecule has 2 aromatic carbocycles.